The molecule has 0 bridgehead atoms. The van der Waals surface area contributed by atoms with Crippen LogP contribution in [0.15, 0.2) is 54.1 Å². The van der Waals surface area contributed by atoms with Crippen molar-refractivity contribution in [1.82, 2.24) is 10.6 Å². The molecular formula is C18H20N2O3. The van der Waals surface area contributed by atoms with Crippen LogP contribution in [-0.2, 0) is 17.9 Å². The normalized spacial score (nSPS) is 10.3. The Morgan fingerprint density at radius 3 is 1.65 bits per heavy atom. The summed E-state index contributed by atoms with van der Waals surface area (Å²) in [4.78, 5) is 11.0. The fourth-order valence-electron chi connectivity index (χ4n) is 2.15. The fourth-order valence-corrected chi connectivity index (χ4v) is 2.15. The number of phenolic OH excluding ortho intramolecular Hbond substituents is 2. The molecule has 0 atom stereocenters. The van der Waals surface area contributed by atoms with Crippen LogP contribution in [0.1, 0.15) is 11.1 Å². The summed E-state index contributed by atoms with van der Waals surface area (Å²) in [5.74, 6) is 2.38. The van der Waals surface area contributed by atoms with Gasteiger partial charge in [-0.1, -0.05) is 36.4 Å². The number of benzene rings is 2. The molecule has 4 N–H and O–H groups in total. The number of carbonyl (C=O) groups excluding carboxylic acids is 1. The molecule has 0 heterocycles. The van der Waals surface area contributed by atoms with Gasteiger partial charge in [0, 0.05) is 42.9 Å². The lowest BCUT2D eigenvalue weighted by Crippen LogP contribution is -2.24. The Morgan fingerprint density at radius 1 is 0.826 bits per heavy atom. The van der Waals surface area contributed by atoms with Crippen LogP contribution in [0.25, 0.3) is 0 Å². The Balaban J connectivity index is 1.75. The summed E-state index contributed by atoms with van der Waals surface area (Å²) in [6.07, 6.45) is 0. The third-order valence-corrected chi connectivity index (χ3v) is 3.44. The lowest BCUT2D eigenvalue weighted by atomic mass is 10.2. The highest BCUT2D eigenvalue weighted by Gasteiger charge is 2.03. The van der Waals surface area contributed by atoms with Crippen LogP contribution in [0, 0.1) is 0 Å². The van der Waals surface area contributed by atoms with E-state index in [2.05, 4.69) is 10.6 Å². The van der Waals surface area contributed by atoms with Crippen LogP contribution < -0.4 is 10.6 Å². The minimum absolute atomic E-state index is 0.231. The van der Waals surface area contributed by atoms with E-state index in [9.17, 15) is 15.0 Å². The van der Waals surface area contributed by atoms with Crippen LogP contribution in [0.2, 0.25) is 0 Å². The molecule has 0 amide bonds. The molecule has 0 aliphatic carbocycles. The Morgan fingerprint density at radius 2 is 1.26 bits per heavy atom. The third kappa shape index (κ3) is 5.27. The van der Waals surface area contributed by atoms with Crippen molar-refractivity contribution in [3.8, 4) is 11.5 Å². The van der Waals surface area contributed by atoms with Crippen LogP contribution in [0.3, 0.4) is 0 Å². The molecule has 0 spiro atoms. The monoisotopic (exact) mass is 312 g/mol. The molecule has 0 fully saturated rings. The Bertz CT molecular complexity index is 641. The molecule has 0 saturated heterocycles. The number of hydrogen-bond acceptors (Lipinski definition) is 5. The zero-order valence-electron chi connectivity index (χ0n) is 12.7. The number of phenols is 2. The van der Waals surface area contributed by atoms with E-state index in [4.69, 9.17) is 0 Å². The van der Waals surface area contributed by atoms with Gasteiger partial charge in [0.2, 0.25) is 0 Å². The summed E-state index contributed by atoms with van der Waals surface area (Å²) in [6.45, 7) is 1.70. The van der Waals surface area contributed by atoms with E-state index < -0.39 is 0 Å². The predicted molar refractivity (Wildman–Crippen MR) is 88.8 cm³/mol. The first-order valence-electron chi connectivity index (χ1n) is 7.38. The van der Waals surface area contributed by atoms with E-state index in [1.807, 2.05) is 30.2 Å². The SMILES string of the molecule is O=C=C(CNCc1ccccc1O)CNCc1ccccc1O. The van der Waals surface area contributed by atoms with Crippen molar-refractivity contribution >= 4 is 5.94 Å². The average Bonchev–Trinajstić information content (AvgIpc) is 2.56. The van der Waals surface area contributed by atoms with Gasteiger partial charge in [-0.05, 0) is 12.1 Å². The molecule has 120 valence electrons. The van der Waals surface area contributed by atoms with Crippen LogP contribution >= 0.6 is 0 Å². The maximum atomic E-state index is 11.0. The van der Waals surface area contributed by atoms with Gasteiger partial charge in [0.15, 0.2) is 0 Å². The standard InChI is InChI=1S/C18H20N2O3/c21-13-14(9-19-11-15-5-1-3-7-17(15)22)10-20-12-16-6-2-4-8-18(16)23/h1-8,19-20,22-23H,9-12H2. The number of nitrogens with one attached hydrogen (secondary N) is 2. The summed E-state index contributed by atoms with van der Waals surface area (Å²) in [5, 5.41) is 25.5. The molecule has 0 unspecified atom stereocenters. The van der Waals surface area contributed by atoms with E-state index >= 15 is 0 Å². The molecule has 2 rings (SSSR count). The van der Waals surface area contributed by atoms with Crippen molar-refractivity contribution in [2.45, 2.75) is 13.1 Å². The quantitative estimate of drug-likeness (QED) is 0.558. The van der Waals surface area contributed by atoms with E-state index in [1.54, 1.807) is 24.3 Å². The van der Waals surface area contributed by atoms with Crippen LogP contribution in [0.5, 0.6) is 11.5 Å². The van der Waals surface area contributed by atoms with E-state index in [0.717, 1.165) is 11.1 Å². The fraction of sp³-hybridized carbons (Fsp3) is 0.222. The summed E-state index contributed by atoms with van der Waals surface area (Å²) in [6, 6.07) is 14.1. The highest BCUT2D eigenvalue weighted by atomic mass is 16.3. The highest BCUT2D eigenvalue weighted by Crippen LogP contribution is 2.15. The largest absolute Gasteiger partial charge is 0.508 e. The zero-order chi connectivity index (χ0) is 16.5. The lowest BCUT2D eigenvalue weighted by molar-refractivity contribution is 0.464. The van der Waals surface area contributed by atoms with E-state index in [0.29, 0.717) is 31.8 Å². The van der Waals surface area contributed by atoms with Crippen molar-refractivity contribution in [2.24, 2.45) is 0 Å². The molecule has 0 radical (unpaired) electrons. The molecule has 0 aliphatic rings. The van der Waals surface area contributed by atoms with Gasteiger partial charge in [-0.2, -0.15) is 0 Å². The zero-order valence-corrected chi connectivity index (χ0v) is 12.7. The summed E-state index contributed by atoms with van der Waals surface area (Å²) >= 11 is 0. The second kappa shape index (κ2) is 8.76. The lowest BCUT2D eigenvalue weighted by Gasteiger charge is -2.09. The molecule has 0 aliphatic heterocycles. The van der Waals surface area contributed by atoms with Gasteiger partial charge in [0.05, 0.1) is 0 Å². The topological polar surface area (TPSA) is 81.6 Å². The number of para-hydroxylation sites is 2. The van der Waals surface area contributed by atoms with Crippen molar-refractivity contribution in [1.29, 1.82) is 0 Å². The van der Waals surface area contributed by atoms with E-state index in [1.165, 1.54) is 0 Å². The first-order valence-corrected chi connectivity index (χ1v) is 7.38. The van der Waals surface area contributed by atoms with Crippen LogP contribution in [-0.4, -0.2) is 29.2 Å². The maximum absolute atomic E-state index is 11.0. The van der Waals surface area contributed by atoms with Gasteiger partial charge in [0.1, 0.15) is 17.4 Å². The second-order valence-electron chi connectivity index (χ2n) is 5.17. The molecule has 0 aromatic heterocycles. The third-order valence-electron chi connectivity index (χ3n) is 3.44. The molecule has 5 nitrogen and oxygen atoms in total. The number of hydrogen-bond donors (Lipinski definition) is 4. The minimum Gasteiger partial charge on any atom is -0.508 e. The number of rotatable bonds is 8. The maximum Gasteiger partial charge on any atom is 0.126 e. The van der Waals surface area contributed by atoms with Gasteiger partial charge in [-0.15, -0.1) is 0 Å². The molecule has 23 heavy (non-hydrogen) atoms. The summed E-state index contributed by atoms with van der Waals surface area (Å²) in [5.41, 5.74) is 2.11. The number of aromatic hydroxyl groups is 2. The smallest absolute Gasteiger partial charge is 0.126 e. The van der Waals surface area contributed by atoms with Crippen molar-refractivity contribution in [2.75, 3.05) is 13.1 Å². The van der Waals surface area contributed by atoms with Crippen molar-refractivity contribution in [3.05, 3.63) is 65.2 Å². The van der Waals surface area contributed by atoms with Crippen LogP contribution in [0.4, 0.5) is 0 Å². The molecular weight excluding hydrogens is 292 g/mol. The Kier molecular flexibility index (Phi) is 6.39. The van der Waals surface area contributed by atoms with Gasteiger partial charge in [-0.3, -0.25) is 0 Å². The van der Waals surface area contributed by atoms with Gasteiger partial charge in [0.25, 0.3) is 0 Å². The molecule has 0 saturated carbocycles. The Hall–Kier alpha value is -2.59. The first-order chi connectivity index (χ1) is 11.2. The summed E-state index contributed by atoms with van der Waals surface area (Å²) in [7, 11) is 0. The Labute approximate surface area is 135 Å². The summed E-state index contributed by atoms with van der Waals surface area (Å²) < 4.78 is 0. The predicted octanol–water partition coefficient (Wildman–Crippen LogP) is 1.74. The highest BCUT2D eigenvalue weighted by molar-refractivity contribution is 5.53. The van der Waals surface area contributed by atoms with Gasteiger partial charge in [-0.25, -0.2) is 4.79 Å². The first kappa shape index (κ1) is 16.8. The molecule has 2 aromatic rings. The minimum atomic E-state index is 0.231. The molecule has 5 heteroatoms. The second-order valence-corrected chi connectivity index (χ2v) is 5.17. The average molecular weight is 312 g/mol. The van der Waals surface area contributed by atoms with E-state index in [-0.39, 0.29) is 11.5 Å². The van der Waals surface area contributed by atoms with Gasteiger partial charge >= 0.3 is 0 Å². The van der Waals surface area contributed by atoms with Crippen molar-refractivity contribution < 1.29 is 15.0 Å². The van der Waals surface area contributed by atoms with Crippen molar-refractivity contribution in [3.63, 3.8) is 0 Å². The molecule has 2 aromatic carbocycles. The van der Waals surface area contributed by atoms with Gasteiger partial charge < -0.3 is 20.8 Å².